The molecule has 0 bridgehead atoms. The number of aromatic hydroxyl groups is 1. The first kappa shape index (κ1) is 109. The normalized spacial score (nSPS) is 23.8. The van der Waals surface area contributed by atoms with Crippen molar-refractivity contribution in [3.8, 4) is 16.9 Å². The number of nitrogens with two attached hydrogens (primary N) is 3. The number of aliphatic carboxylic acids is 1. The summed E-state index contributed by atoms with van der Waals surface area (Å²) in [6.07, 6.45) is -0.878. The number of para-hydroxylation sites is 1. The molecule has 1 fully saturated rings. The van der Waals surface area contributed by atoms with Gasteiger partial charge in [-0.15, -0.1) is 11.8 Å². The van der Waals surface area contributed by atoms with Gasteiger partial charge in [0, 0.05) is 49.2 Å². The average Bonchev–Trinajstić information content (AvgIpc) is 1.71. The summed E-state index contributed by atoms with van der Waals surface area (Å²) < 4.78 is 0. The number of likely N-dealkylation sites (N-methyl/N-ethyl adjacent to an activating group) is 1. The number of hydrogen-bond donors (Lipinski definition) is 21. The minimum absolute atomic E-state index is 0.00987. The number of carboxylic acid groups (broad SMARTS) is 1. The van der Waals surface area contributed by atoms with Gasteiger partial charge >= 0.3 is 5.97 Å². The number of nitrogens with zero attached hydrogens (tertiary/aromatic N) is 1. The molecule has 4 aromatic carbocycles. The Kier molecular flexibility index (Phi) is 43.2. The molecule has 0 radical (unpaired) electrons. The number of amides is 17. The van der Waals surface area contributed by atoms with Gasteiger partial charge in [0.15, 0.2) is 0 Å². The second kappa shape index (κ2) is 52.9. The summed E-state index contributed by atoms with van der Waals surface area (Å²) in [6.45, 7) is 18.3. The minimum atomic E-state index is -2.11. The first-order valence-electron chi connectivity index (χ1n) is 44.5. The van der Waals surface area contributed by atoms with Crippen LogP contribution in [0.5, 0.6) is 5.75 Å². The van der Waals surface area contributed by atoms with Crippen LogP contribution >= 0.6 is 11.8 Å². The van der Waals surface area contributed by atoms with E-state index in [9.17, 15) is 77.6 Å². The van der Waals surface area contributed by atoms with Crippen molar-refractivity contribution in [1.82, 2.24) is 84.3 Å². The van der Waals surface area contributed by atoms with Crippen LogP contribution in [-0.2, 0) is 106 Å². The molecule has 0 aliphatic carbocycles. The van der Waals surface area contributed by atoms with Gasteiger partial charge in [0.25, 0.3) is 0 Å². The van der Waals surface area contributed by atoms with E-state index in [0.717, 1.165) is 16.0 Å². The molecule has 2 heterocycles. The highest BCUT2D eigenvalue weighted by Gasteiger charge is 2.42. The molecule has 726 valence electrons. The van der Waals surface area contributed by atoms with E-state index in [1.807, 2.05) is 42.5 Å². The van der Waals surface area contributed by atoms with E-state index in [1.165, 1.54) is 59.0 Å². The fourth-order valence-corrected chi connectivity index (χ4v) is 15.4. The number of unbranched alkanes of at least 4 members (excludes halogenated alkanes) is 1. The fourth-order valence-electron chi connectivity index (χ4n) is 14.5. The van der Waals surface area contributed by atoms with Gasteiger partial charge in [-0.1, -0.05) is 161 Å². The monoisotopic (exact) mass is 1870 g/mol. The number of carboxylic acids is 1. The Hall–Kier alpha value is -13.0. The Morgan fingerprint density at radius 1 is 0.489 bits per heavy atom. The standard InChI is InChI=1S/C92H131N19O21S/c1-14-51(10)77-92(132)111(13)53(12)79(119)100-63(36-47(2)3)81(121)99-62(26-20-21-35-93)80(120)101-64(37-48(4)5)85(125)108-76(50(8)9)91(131)106-70(44-112)88(128)107-71(89(129)97-52(11)78(95)118)45-133-46-73(115)98-68(41-72(94)114)83(123)102-65(39-55-29-33-59(113)34-30-55)82(122)104-69(42-74(116)117)84(124)103-67(40-58-43-96-61-25-19-18-24-60(58)61)87(127)109-75(49(6)7)90(130)105-66(86(126)110-77)38-54-27-31-57(32-28-54)56-22-16-15-17-23-56/h15-19,22-25,27-34,43,47-53,62-71,75-77,96,112-113H,14,20-21,26,35-42,44-46,93H2,1-13H3,(H2,94,114)(H2,95,118)(H,97,129)(H,98,115)(H,99,121)(H,100,119)(H,101,120)(H,102,123)(H,103,124)(H,104,122)(H,105,130)(H,106,131)(H,107,128)(H,108,125)(H,109,127)(H,110,126)(H,116,117)/t51-,52-,53-,62-,63+,64-,65-,66-,67-,68-,69-,70-,71-,75-,76-,77-/m0/s1. The van der Waals surface area contributed by atoms with E-state index in [-0.39, 0.29) is 74.6 Å². The third-order valence-corrected chi connectivity index (χ3v) is 23.6. The van der Waals surface area contributed by atoms with Gasteiger partial charge in [-0.25, -0.2) is 0 Å². The van der Waals surface area contributed by atoms with Gasteiger partial charge in [0.05, 0.1) is 25.2 Å². The van der Waals surface area contributed by atoms with Crippen molar-refractivity contribution in [2.45, 2.75) is 244 Å². The highest BCUT2D eigenvalue weighted by atomic mass is 32.2. The Balaban J connectivity index is 1.48. The number of aromatic amines is 1. The number of hydrogen-bond acceptors (Lipinski definition) is 22. The van der Waals surface area contributed by atoms with Crippen LogP contribution in [0.3, 0.4) is 0 Å². The zero-order valence-corrected chi connectivity index (χ0v) is 78.1. The van der Waals surface area contributed by atoms with E-state index in [4.69, 9.17) is 17.2 Å². The Morgan fingerprint density at radius 3 is 1.44 bits per heavy atom. The molecule has 133 heavy (non-hydrogen) atoms. The maximum absolute atomic E-state index is 15.4. The molecule has 16 atom stereocenters. The lowest BCUT2D eigenvalue weighted by atomic mass is 9.95. The summed E-state index contributed by atoms with van der Waals surface area (Å²) in [5.41, 5.74) is 20.4. The predicted molar refractivity (Wildman–Crippen MR) is 495 cm³/mol. The smallest absolute Gasteiger partial charge is 0.305 e. The lowest BCUT2D eigenvalue weighted by molar-refractivity contribution is -0.143. The third-order valence-electron chi connectivity index (χ3n) is 22.5. The number of aromatic nitrogens is 1. The van der Waals surface area contributed by atoms with Crippen molar-refractivity contribution in [3.63, 3.8) is 0 Å². The van der Waals surface area contributed by atoms with Crippen LogP contribution in [0.4, 0.5) is 0 Å². The molecule has 40 nitrogen and oxygen atoms in total. The van der Waals surface area contributed by atoms with Gasteiger partial charge < -0.3 is 117 Å². The lowest BCUT2D eigenvalue weighted by Gasteiger charge is -2.33. The number of H-pyrrole nitrogens is 1. The van der Waals surface area contributed by atoms with Crippen molar-refractivity contribution in [1.29, 1.82) is 0 Å². The number of thioether (sulfide) groups is 1. The summed E-state index contributed by atoms with van der Waals surface area (Å²) in [7, 11) is 1.32. The third kappa shape index (κ3) is 34.2. The van der Waals surface area contributed by atoms with Crippen LogP contribution in [0.25, 0.3) is 22.0 Å². The quantitative estimate of drug-likeness (QED) is 0.0291. The Bertz CT molecular complexity index is 4880. The highest BCUT2D eigenvalue weighted by Crippen LogP contribution is 2.25. The fraction of sp³-hybridized carbons (Fsp3) is 0.522. The van der Waals surface area contributed by atoms with Gasteiger partial charge in [-0.3, -0.25) is 86.3 Å². The lowest BCUT2D eigenvalue weighted by Crippen LogP contribution is -2.62. The van der Waals surface area contributed by atoms with Crippen molar-refractivity contribution in [2.24, 2.45) is 46.8 Å². The topological polar surface area (TPSA) is 633 Å². The van der Waals surface area contributed by atoms with Gasteiger partial charge in [-0.05, 0) is 128 Å². The predicted octanol–water partition coefficient (Wildman–Crippen LogP) is -0.624. The summed E-state index contributed by atoms with van der Waals surface area (Å²) in [4.78, 5) is 263. The SMILES string of the molecule is CC[C@H](C)[C@@H]1NC(=O)[C@H](Cc2ccc(-c3ccccc3)cc2)NC(=O)[C@H](C(C)C)NC(=O)[C@H](Cc2c[nH]c3ccccc23)NC(=O)[C@H](CC(=O)O)NC(=O)[C@H](Cc2ccc(O)cc2)NC(=O)[C@H](CC(N)=O)NC(=O)CSC[C@@H](C(=O)N[C@@H](C)C(N)=O)NC(=O)[C@H](CO)NC(=O)[C@H](C(C)C)NC(=O)[C@H](CC(C)C)NC(=O)[C@H](CCCCN)NC(=O)[C@@H](CC(C)C)NC(=O)[C@H](C)N(C)C1=O. The molecule has 1 aromatic heterocycles. The van der Waals surface area contributed by atoms with Crippen molar-refractivity contribution in [2.75, 3.05) is 31.7 Å². The van der Waals surface area contributed by atoms with Crippen LogP contribution in [0.2, 0.25) is 0 Å². The first-order chi connectivity index (χ1) is 62.8. The van der Waals surface area contributed by atoms with Crippen molar-refractivity contribution < 1.29 is 102 Å². The first-order valence-corrected chi connectivity index (χ1v) is 45.7. The van der Waals surface area contributed by atoms with E-state index in [1.54, 1.807) is 98.0 Å². The van der Waals surface area contributed by atoms with Gasteiger partial charge in [-0.2, -0.15) is 0 Å². The number of carbonyl (C=O) groups excluding carboxylic acids is 17. The molecular weight excluding hydrogens is 1740 g/mol. The van der Waals surface area contributed by atoms with Gasteiger partial charge in [0.2, 0.25) is 100 Å². The van der Waals surface area contributed by atoms with Gasteiger partial charge in [0.1, 0.15) is 96.4 Å². The molecule has 5 aromatic rings. The summed E-state index contributed by atoms with van der Waals surface area (Å²) in [5, 5.41) is 68.0. The average molecular weight is 1870 g/mol. The van der Waals surface area contributed by atoms with E-state index < -0.39 is 252 Å². The number of aliphatic hydroxyl groups excluding tert-OH is 1. The van der Waals surface area contributed by atoms with Crippen LogP contribution in [0, 0.1) is 29.6 Å². The summed E-state index contributed by atoms with van der Waals surface area (Å²) in [5.74, 6) is -23.6. The Labute approximate surface area is 776 Å². The zero-order valence-electron chi connectivity index (χ0n) is 77.3. The number of aliphatic hydroxyl groups is 1. The van der Waals surface area contributed by atoms with E-state index >= 15 is 24.0 Å². The highest BCUT2D eigenvalue weighted by molar-refractivity contribution is 8.00. The molecule has 24 N–H and O–H groups in total. The number of carbonyl (C=O) groups is 18. The zero-order chi connectivity index (χ0) is 98.8. The number of phenols is 1. The molecule has 6 rings (SSSR count). The summed E-state index contributed by atoms with van der Waals surface area (Å²) in [6, 6.07) is 4.22. The second-order valence-corrected chi connectivity index (χ2v) is 36.0. The Morgan fingerprint density at radius 2 is 0.925 bits per heavy atom. The second-order valence-electron chi connectivity index (χ2n) is 35.0. The van der Waals surface area contributed by atoms with Crippen LogP contribution in [-0.4, -0.2) is 254 Å². The number of benzene rings is 4. The van der Waals surface area contributed by atoms with Crippen molar-refractivity contribution in [3.05, 3.63) is 126 Å². The van der Waals surface area contributed by atoms with E-state index in [0.29, 0.717) is 40.2 Å². The largest absolute Gasteiger partial charge is 0.508 e. The minimum Gasteiger partial charge on any atom is -0.508 e. The van der Waals surface area contributed by atoms with Crippen LogP contribution in [0.15, 0.2) is 109 Å². The molecule has 1 saturated heterocycles. The molecule has 17 amide bonds. The molecule has 1 aliphatic heterocycles. The number of primary amides is 2. The van der Waals surface area contributed by atoms with E-state index in [2.05, 4.69) is 79.4 Å². The molecule has 0 saturated carbocycles. The number of phenolic OH excluding ortho intramolecular Hbond substituents is 1. The maximum Gasteiger partial charge on any atom is 0.305 e. The van der Waals surface area contributed by atoms with Crippen LogP contribution < -0.4 is 91.6 Å². The molecular formula is C92H131N19O21S. The number of fused-ring (bicyclic) bond motifs is 1. The van der Waals surface area contributed by atoms with Crippen LogP contribution in [0.1, 0.15) is 151 Å². The molecule has 0 spiro atoms. The summed E-state index contributed by atoms with van der Waals surface area (Å²) >= 11 is 0.619. The molecule has 41 heteroatoms. The number of nitrogens with one attached hydrogen (secondary N) is 15. The maximum atomic E-state index is 15.4. The molecule has 0 unspecified atom stereocenters. The molecule has 1 aliphatic rings. The van der Waals surface area contributed by atoms with Crippen molar-refractivity contribution >= 4 is 129 Å². The number of rotatable bonds is 27.